The molecule has 1 saturated heterocycles. The molecular formula is C24H35N3O7. The van der Waals surface area contributed by atoms with Crippen LogP contribution in [0.25, 0.3) is 0 Å². The Morgan fingerprint density at radius 3 is 2.47 bits per heavy atom. The molecule has 3 N–H and O–H groups in total. The van der Waals surface area contributed by atoms with Gasteiger partial charge in [-0.15, -0.1) is 0 Å². The fraction of sp³-hybridized carbons (Fsp3) is 0.625. The summed E-state index contributed by atoms with van der Waals surface area (Å²) in [4.78, 5) is 39.1. The quantitative estimate of drug-likeness (QED) is 0.462. The van der Waals surface area contributed by atoms with Crippen molar-refractivity contribution in [1.82, 2.24) is 15.5 Å². The largest absolute Gasteiger partial charge is 0.493 e. The maximum absolute atomic E-state index is 13.1. The van der Waals surface area contributed by atoms with Crippen LogP contribution in [-0.2, 0) is 9.59 Å². The van der Waals surface area contributed by atoms with Crippen LogP contribution in [0, 0.1) is 11.3 Å². The van der Waals surface area contributed by atoms with E-state index in [4.69, 9.17) is 14.2 Å². The average Bonchev–Trinajstić information content (AvgIpc) is 2.97. The van der Waals surface area contributed by atoms with Gasteiger partial charge in [0.05, 0.1) is 14.2 Å². The molecule has 3 atom stereocenters. The molecule has 10 nitrogen and oxygen atoms in total. The van der Waals surface area contributed by atoms with Gasteiger partial charge in [-0.2, -0.15) is 0 Å². The lowest BCUT2D eigenvalue weighted by Gasteiger charge is -2.43. The molecule has 0 bridgehead atoms. The van der Waals surface area contributed by atoms with Crippen LogP contribution in [0.5, 0.6) is 17.2 Å². The highest BCUT2D eigenvalue weighted by Crippen LogP contribution is 2.46. The minimum atomic E-state index is -1.03. The normalized spacial score (nSPS) is 24.5. The van der Waals surface area contributed by atoms with Crippen molar-refractivity contribution in [3.63, 3.8) is 0 Å². The number of aliphatic hydroxyl groups excluding tert-OH is 1. The van der Waals surface area contributed by atoms with Crippen LogP contribution in [0.1, 0.15) is 40.0 Å². The van der Waals surface area contributed by atoms with Gasteiger partial charge < -0.3 is 30.0 Å². The molecule has 2 fully saturated rings. The number of benzene rings is 1. The molecule has 188 valence electrons. The predicted octanol–water partition coefficient (Wildman–Crippen LogP) is 1.70. The molecule has 1 heterocycles. The Balaban J connectivity index is 1.52. The summed E-state index contributed by atoms with van der Waals surface area (Å²) in [7, 11) is 2.99. The second kappa shape index (κ2) is 10.1. The number of rotatable bonds is 9. The number of ether oxygens (including phenoxy) is 3. The minimum Gasteiger partial charge on any atom is -0.493 e. The van der Waals surface area contributed by atoms with Crippen molar-refractivity contribution in [3.05, 3.63) is 18.2 Å². The third kappa shape index (κ3) is 5.55. The number of nitrogens with zero attached hydrogens (tertiary/aromatic N) is 1. The van der Waals surface area contributed by atoms with Crippen molar-refractivity contribution in [3.8, 4) is 17.2 Å². The van der Waals surface area contributed by atoms with Crippen LogP contribution in [0.3, 0.4) is 0 Å². The van der Waals surface area contributed by atoms with E-state index >= 15 is 0 Å². The molecule has 1 aromatic carbocycles. The van der Waals surface area contributed by atoms with Gasteiger partial charge in [0.1, 0.15) is 24.8 Å². The van der Waals surface area contributed by atoms with Gasteiger partial charge in [-0.3, -0.25) is 14.5 Å². The lowest BCUT2D eigenvalue weighted by molar-refractivity contribution is -0.137. The van der Waals surface area contributed by atoms with Gasteiger partial charge in [0.25, 0.3) is 5.91 Å². The van der Waals surface area contributed by atoms with Crippen LogP contribution in [0.2, 0.25) is 0 Å². The predicted molar refractivity (Wildman–Crippen MR) is 124 cm³/mol. The fourth-order valence-corrected chi connectivity index (χ4v) is 5.28. The molecule has 0 radical (unpaired) electrons. The molecule has 10 heteroatoms. The number of amides is 4. The molecule has 34 heavy (non-hydrogen) atoms. The van der Waals surface area contributed by atoms with E-state index in [1.165, 1.54) is 14.2 Å². The number of para-hydroxylation sites is 1. The van der Waals surface area contributed by atoms with Gasteiger partial charge in [0, 0.05) is 6.54 Å². The number of hydrogen-bond donors (Lipinski definition) is 3. The first-order valence-corrected chi connectivity index (χ1v) is 11.4. The molecule has 1 spiro atoms. The van der Waals surface area contributed by atoms with E-state index in [9.17, 15) is 19.5 Å². The zero-order chi connectivity index (χ0) is 25.1. The summed E-state index contributed by atoms with van der Waals surface area (Å²) in [6, 6.07) is 4.59. The lowest BCUT2D eigenvalue weighted by atomic mass is 9.64. The smallest absolute Gasteiger partial charge is 0.325 e. The number of carbonyl (C=O) groups excluding carboxylic acids is 3. The van der Waals surface area contributed by atoms with Crippen molar-refractivity contribution < 1.29 is 33.7 Å². The van der Waals surface area contributed by atoms with Gasteiger partial charge in [0.15, 0.2) is 11.5 Å². The molecule has 1 aliphatic heterocycles. The Labute approximate surface area is 199 Å². The number of nitrogens with one attached hydrogen (secondary N) is 2. The Bertz CT molecular complexity index is 913. The van der Waals surface area contributed by atoms with Gasteiger partial charge >= 0.3 is 6.03 Å². The van der Waals surface area contributed by atoms with Crippen LogP contribution in [-0.4, -0.2) is 73.4 Å². The first-order chi connectivity index (χ1) is 16.0. The maximum Gasteiger partial charge on any atom is 0.325 e. The Hall–Kier alpha value is -3.01. The lowest BCUT2D eigenvalue weighted by Crippen LogP contribution is -2.54. The van der Waals surface area contributed by atoms with E-state index in [2.05, 4.69) is 31.4 Å². The molecule has 4 amide bonds. The van der Waals surface area contributed by atoms with Gasteiger partial charge in [-0.1, -0.05) is 26.8 Å². The summed E-state index contributed by atoms with van der Waals surface area (Å²) >= 11 is 0. The van der Waals surface area contributed by atoms with Crippen molar-refractivity contribution >= 4 is 17.8 Å². The van der Waals surface area contributed by atoms with Crippen molar-refractivity contribution in [2.45, 2.75) is 51.7 Å². The standard InChI is InChI=1S/C24H35N3O7/c1-15-9-23(2,3)14-24(10-15)21(30)27(22(31)26-24)12-19(29)25-11-16(28)13-34-20-17(32-4)7-6-8-18(20)33-5/h6-8,15-16,28H,9-14H2,1-5H3,(H,25,29)(H,26,31). The monoisotopic (exact) mass is 477 g/mol. The Kier molecular flexibility index (Phi) is 7.60. The molecule has 3 rings (SSSR count). The highest BCUT2D eigenvalue weighted by molar-refractivity contribution is 6.09. The summed E-state index contributed by atoms with van der Waals surface area (Å²) in [5.74, 6) is 0.606. The molecule has 1 aliphatic carbocycles. The summed E-state index contributed by atoms with van der Waals surface area (Å²) in [6.07, 6.45) is 1.03. The van der Waals surface area contributed by atoms with E-state index in [-0.39, 0.29) is 30.4 Å². The van der Waals surface area contributed by atoms with E-state index in [1.54, 1.807) is 18.2 Å². The van der Waals surface area contributed by atoms with E-state index in [1.807, 2.05) is 0 Å². The molecule has 3 unspecified atom stereocenters. The Morgan fingerprint density at radius 2 is 1.88 bits per heavy atom. The van der Waals surface area contributed by atoms with Gasteiger partial charge in [-0.05, 0) is 42.7 Å². The number of hydrogen-bond acceptors (Lipinski definition) is 7. The van der Waals surface area contributed by atoms with Crippen molar-refractivity contribution in [2.24, 2.45) is 11.3 Å². The first-order valence-electron chi connectivity index (χ1n) is 11.4. The third-order valence-corrected chi connectivity index (χ3v) is 6.26. The van der Waals surface area contributed by atoms with Crippen LogP contribution < -0.4 is 24.8 Å². The second-order valence-electron chi connectivity index (χ2n) is 10.0. The third-order valence-electron chi connectivity index (χ3n) is 6.26. The molecule has 1 aromatic rings. The SMILES string of the molecule is COc1cccc(OC)c1OCC(O)CNC(=O)CN1C(=O)NC2(CC(C)CC(C)(C)C2)C1=O. The topological polar surface area (TPSA) is 126 Å². The zero-order valence-electron chi connectivity index (χ0n) is 20.5. The minimum absolute atomic E-state index is 0.0902. The first kappa shape index (κ1) is 25.6. The van der Waals surface area contributed by atoms with E-state index < -0.39 is 30.1 Å². The van der Waals surface area contributed by atoms with Crippen molar-refractivity contribution in [1.29, 1.82) is 0 Å². The van der Waals surface area contributed by atoms with Gasteiger partial charge in [0.2, 0.25) is 11.7 Å². The highest BCUT2D eigenvalue weighted by atomic mass is 16.5. The molecule has 2 aliphatic rings. The molecule has 1 saturated carbocycles. The summed E-state index contributed by atoms with van der Waals surface area (Å²) < 4.78 is 16.1. The fourth-order valence-electron chi connectivity index (χ4n) is 5.28. The summed E-state index contributed by atoms with van der Waals surface area (Å²) in [6.45, 7) is 5.59. The van der Waals surface area contributed by atoms with Gasteiger partial charge in [-0.25, -0.2) is 4.79 Å². The van der Waals surface area contributed by atoms with E-state index in [0.29, 0.717) is 30.1 Å². The number of methoxy groups -OCH3 is 2. The zero-order valence-corrected chi connectivity index (χ0v) is 20.5. The second-order valence-corrected chi connectivity index (χ2v) is 10.0. The maximum atomic E-state index is 13.1. The highest BCUT2D eigenvalue weighted by Gasteiger charge is 2.56. The van der Waals surface area contributed by atoms with Crippen molar-refractivity contribution in [2.75, 3.05) is 33.9 Å². The average molecular weight is 478 g/mol. The summed E-state index contributed by atoms with van der Waals surface area (Å²) in [5, 5.41) is 15.7. The van der Waals surface area contributed by atoms with Crippen LogP contribution in [0.4, 0.5) is 4.79 Å². The molecule has 0 aromatic heterocycles. The van der Waals surface area contributed by atoms with Crippen LogP contribution in [0.15, 0.2) is 18.2 Å². The molecular weight excluding hydrogens is 442 g/mol. The Morgan fingerprint density at radius 1 is 1.24 bits per heavy atom. The van der Waals surface area contributed by atoms with Crippen LogP contribution >= 0.6 is 0 Å². The number of aliphatic hydroxyl groups is 1. The number of carbonyl (C=O) groups is 3. The van der Waals surface area contributed by atoms with E-state index in [0.717, 1.165) is 11.3 Å². The number of urea groups is 1. The number of imide groups is 1. The summed E-state index contributed by atoms with van der Waals surface area (Å²) in [5.41, 5.74) is -1.05.